The van der Waals surface area contributed by atoms with Crippen LogP contribution in [0.2, 0.25) is 0 Å². The van der Waals surface area contributed by atoms with E-state index in [0.29, 0.717) is 18.8 Å². The Labute approximate surface area is 120 Å². The fourth-order valence-electron chi connectivity index (χ4n) is 3.15. The van der Waals surface area contributed by atoms with Gasteiger partial charge in [-0.1, -0.05) is 0 Å². The molecule has 0 aromatic carbocycles. The van der Waals surface area contributed by atoms with Crippen molar-refractivity contribution in [2.45, 2.75) is 57.5 Å². The normalized spacial score (nSPS) is 27.3. The van der Waals surface area contributed by atoms with E-state index in [-0.39, 0.29) is 18.4 Å². The van der Waals surface area contributed by atoms with E-state index in [4.69, 9.17) is 9.84 Å². The highest BCUT2D eigenvalue weighted by Gasteiger charge is 2.26. The third-order valence-electron chi connectivity index (χ3n) is 4.31. The molecule has 114 valence electrons. The van der Waals surface area contributed by atoms with Gasteiger partial charge in [0.25, 0.3) is 0 Å². The van der Waals surface area contributed by atoms with Gasteiger partial charge in [-0.15, -0.1) is 0 Å². The van der Waals surface area contributed by atoms with Gasteiger partial charge in [-0.2, -0.15) is 0 Å². The Morgan fingerprint density at radius 2 is 2.05 bits per heavy atom. The molecule has 0 aromatic heterocycles. The van der Waals surface area contributed by atoms with Crippen molar-refractivity contribution in [3.8, 4) is 0 Å². The molecule has 1 N–H and O–H groups in total. The van der Waals surface area contributed by atoms with Crippen LogP contribution in [-0.2, 0) is 14.3 Å². The number of carboxylic acids is 1. The average molecular weight is 283 g/mol. The van der Waals surface area contributed by atoms with Crippen molar-refractivity contribution < 1.29 is 19.4 Å². The summed E-state index contributed by atoms with van der Waals surface area (Å²) in [5.74, 6) is -0.225. The van der Waals surface area contributed by atoms with E-state index in [1.807, 2.05) is 4.90 Å². The van der Waals surface area contributed by atoms with Gasteiger partial charge in [0.2, 0.25) is 5.91 Å². The summed E-state index contributed by atoms with van der Waals surface area (Å²) in [4.78, 5) is 24.8. The molecule has 2 atom stereocenters. The summed E-state index contributed by atoms with van der Waals surface area (Å²) in [6.45, 7) is 2.31. The first-order valence-electron chi connectivity index (χ1n) is 7.76. The molecule has 0 unspecified atom stereocenters. The first kappa shape index (κ1) is 15.3. The number of aliphatic carboxylic acids is 1. The van der Waals surface area contributed by atoms with Crippen LogP contribution < -0.4 is 0 Å². The monoisotopic (exact) mass is 283 g/mol. The molecule has 5 nitrogen and oxygen atoms in total. The molecule has 2 rings (SSSR count). The number of nitrogens with zero attached hydrogens (tertiary/aromatic N) is 1. The summed E-state index contributed by atoms with van der Waals surface area (Å²) in [6, 6.07) is 0. The molecule has 20 heavy (non-hydrogen) atoms. The number of likely N-dealkylation sites (tertiary alicyclic amines) is 1. The second-order valence-electron chi connectivity index (χ2n) is 5.97. The van der Waals surface area contributed by atoms with Gasteiger partial charge in [-0.25, -0.2) is 0 Å². The van der Waals surface area contributed by atoms with Gasteiger partial charge in [0.15, 0.2) is 0 Å². The van der Waals surface area contributed by atoms with Crippen LogP contribution in [0.5, 0.6) is 0 Å². The summed E-state index contributed by atoms with van der Waals surface area (Å²) in [5, 5.41) is 8.74. The molecule has 2 fully saturated rings. The molecule has 2 aliphatic heterocycles. The highest BCUT2D eigenvalue weighted by atomic mass is 16.5. The number of carbonyl (C=O) groups is 2. The number of ether oxygens (including phenoxy) is 1. The number of carboxylic acid groups (broad SMARTS) is 1. The number of hydrogen-bond acceptors (Lipinski definition) is 3. The van der Waals surface area contributed by atoms with Gasteiger partial charge >= 0.3 is 5.97 Å². The Bertz CT molecular complexity index is 339. The zero-order valence-electron chi connectivity index (χ0n) is 12.1. The predicted molar refractivity (Wildman–Crippen MR) is 74.4 cm³/mol. The van der Waals surface area contributed by atoms with Crippen molar-refractivity contribution >= 4 is 11.9 Å². The van der Waals surface area contributed by atoms with Crippen LogP contribution in [0.25, 0.3) is 0 Å². The maximum Gasteiger partial charge on any atom is 0.303 e. The van der Waals surface area contributed by atoms with Crippen molar-refractivity contribution in [1.29, 1.82) is 0 Å². The Hall–Kier alpha value is -1.10. The van der Waals surface area contributed by atoms with E-state index in [1.54, 1.807) is 0 Å². The third kappa shape index (κ3) is 4.78. The first-order chi connectivity index (χ1) is 9.65. The predicted octanol–water partition coefficient (Wildman–Crippen LogP) is 2.05. The minimum atomic E-state index is -0.746. The van der Waals surface area contributed by atoms with Gasteiger partial charge in [-0.05, 0) is 44.4 Å². The Balaban J connectivity index is 1.75. The third-order valence-corrected chi connectivity index (χ3v) is 4.31. The maximum absolute atomic E-state index is 12.3. The summed E-state index contributed by atoms with van der Waals surface area (Å²) in [6.07, 6.45) is 6.74. The highest BCUT2D eigenvalue weighted by molar-refractivity contribution is 5.76. The van der Waals surface area contributed by atoms with Crippen molar-refractivity contribution in [3.63, 3.8) is 0 Å². The number of carbonyl (C=O) groups excluding carboxylic acids is 1. The first-order valence-corrected chi connectivity index (χ1v) is 7.76. The van der Waals surface area contributed by atoms with Crippen LogP contribution >= 0.6 is 0 Å². The molecule has 0 radical (unpaired) electrons. The van der Waals surface area contributed by atoms with Crippen molar-refractivity contribution in [3.05, 3.63) is 0 Å². The highest BCUT2D eigenvalue weighted by Crippen LogP contribution is 2.23. The summed E-state index contributed by atoms with van der Waals surface area (Å²) >= 11 is 0. The molecule has 0 bridgehead atoms. The van der Waals surface area contributed by atoms with Crippen LogP contribution in [0.4, 0.5) is 0 Å². The molecule has 2 heterocycles. The van der Waals surface area contributed by atoms with E-state index in [9.17, 15) is 9.59 Å². The molecule has 5 heteroatoms. The average Bonchev–Trinajstić information content (AvgIpc) is 2.46. The molecule has 0 aliphatic carbocycles. The molecule has 0 aromatic rings. The summed E-state index contributed by atoms with van der Waals surface area (Å²) in [7, 11) is 0. The number of amides is 1. The Kier molecular flexibility index (Phi) is 5.83. The van der Waals surface area contributed by atoms with E-state index >= 15 is 0 Å². The van der Waals surface area contributed by atoms with Crippen LogP contribution in [-0.4, -0.2) is 47.7 Å². The molecule has 1 amide bonds. The second kappa shape index (κ2) is 7.62. The molecular weight excluding hydrogens is 258 g/mol. The van der Waals surface area contributed by atoms with Gasteiger partial charge in [0.1, 0.15) is 0 Å². The van der Waals surface area contributed by atoms with E-state index in [1.165, 1.54) is 0 Å². The zero-order chi connectivity index (χ0) is 14.4. The topological polar surface area (TPSA) is 66.8 Å². The summed E-state index contributed by atoms with van der Waals surface area (Å²) in [5.41, 5.74) is 0. The maximum atomic E-state index is 12.3. The molecular formula is C15H25NO4. The largest absolute Gasteiger partial charge is 0.481 e. The fourth-order valence-corrected chi connectivity index (χ4v) is 3.15. The van der Waals surface area contributed by atoms with E-state index in [2.05, 4.69) is 0 Å². The smallest absolute Gasteiger partial charge is 0.303 e. The van der Waals surface area contributed by atoms with Gasteiger partial charge in [-0.3, -0.25) is 9.59 Å². The van der Waals surface area contributed by atoms with E-state index in [0.717, 1.165) is 51.8 Å². The van der Waals surface area contributed by atoms with Gasteiger partial charge in [0, 0.05) is 26.1 Å². The second-order valence-corrected chi connectivity index (χ2v) is 5.97. The van der Waals surface area contributed by atoms with Crippen molar-refractivity contribution in [2.75, 3.05) is 19.7 Å². The van der Waals surface area contributed by atoms with Crippen LogP contribution in [0.1, 0.15) is 51.4 Å². The number of piperidine rings is 1. The van der Waals surface area contributed by atoms with Crippen LogP contribution in [0.15, 0.2) is 0 Å². The van der Waals surface area contributed by atoms with Crippen molar-refractivity contribution in [1.82, 2.24) is 4.90 Å². The Morgan fingerprint density at radius 3 is 2.75 bits per heavy atom. The zero-order valence-corrected chi connectivity index (χ0v) is 12.1. The van der Waals surface area contributed by atoms with Crippen LogP contribution in [0.3, 0.4) is 0 Å². The molecule has 0 saturated carbocycles. The lowest BCUT2D eigenvalue weighted by Gasteiger charge is -2.34. The minimum Gasteiger partial charge on any atom is -0.481 e. The molecule has 2 aliphatic rings. The number of rotatable bonds is 5. The lowest BCUT2D eigenvalue weighted by molar-refractivity contribution is -0.137. The summed E-state index contributed by atoms with van der Waals surface area (Å²) < 4.78 is 5.62. The Morgan fingerprint density at radius 1 is 1.20 bits per heavy atom. The standard InChI is InChI=1S/C15H25NO4/c17-14(10-13-5-1-2-9-20-13)16-8-3-4-12(11-16)6-7-15(18)19/h12-13H,1-11H2,(H,18,19)/t12-,13+/m0/s1. The van der Waals surface area contributed by atoms with Gasteiger partial charge < -0.3 is 14.7 Å². The van der Waals surface area contributed by atoms with Crippen molar-refractivity contribution in [2.24, 2.45) is 5.92 Å². The lowest BCUT2D eigenvalue weighted by Crippen LogP contribution is -2.41. The minimum absolute atomic E-state index is 0.0932. The SMILES string of the molecule is O=C(O)CC[C@@H]1CCCN(C(=O)C[C@H]2CCCCO2)C1. The fraction of sp³-hybridized carbons (Fsp3) is 0.867. The van der Waals surface area contributed by atoms with Gasteiger partial charge in [0.05, 0.1) is 12.5 Å². The van der Waals surface area contributed by atoms with E-state index < -0.39 is 5.97 Å². The van der Waals surface area contributed by atoms with Crippen LogP contribution in [0, 0.1) is 5.92 Å². The molecule has 0 spiro atoms. The quantitative estimate of drug-likeness (QED) is 0.838. The lowest BCUT2D eigenvalue weighted by atomic mass is 9.93. The number of hydrogen-bond donors (Lipinski definition) is 1. The molecule has 2 saturated heterocycles.